The molecule has 0 aliphatic heterocycles. The van der Waals surface area contributed by atoms with Crippen LogP contribution in [0, 0.1) is 19.8 Å². The molecule has 1 aromatic heterocycles. The number of nitrogens with one attached hydrogen (secondary N) is 1. The summed E-state index contributed by atoms with van der Waals surface area (Å²) in [6.45, 7) is 9.75. The minimum atomic E-state index is -0.810. The van der Waals surface area contributed by atoms with Gasteiger partial charge in [0.25, 0.3) is 5.91 Å². The molecule has 4 rings (SSSR count). The summed E-state index contributed by atoms with van der Waals surface area (Å²) in [5.74, 6) is 0.559. The van der Waals surface area contributed by atoms with Gasteiger partial charge < -0.3 is 0 Å². The zero-order valence-corrected chi connectivity index (χ0v) is 22.1. The largest absolute Gasteiger partial charge is 0.297 e. The van der Waals surface area contributed by atoms with Gasteiger partial charge in [-0.1, -0.05) is 58.4 Å². The zero-order chi connectivity index (χ0) is 25.6. The fourth-order valence-corrected chi connectivity index (χ4v) is 5.02. The van der Waals surface area contributed by atoms with Gasteiger partial charge in [0, 0.05) is 12.1 Å². The Morgan fingerprint density at radius 1 is 1.00 bits per heavy atom. The number of benzene rings is 1. The van der Waals surface area contributed by atoms with E-state index in [-0.39, 0.29) is 28.9 Å². The molecule has 6 heteroatoms. The first kappa shape index (κ1) is 26.8. The van der Waals surface area contributed by atoms with Crippen molar-refractivity contribution in [3.8, 4) is 0 Å². The monoisotopic (exact) mass is 479 g/mol. The second-order valence-electron chi connectivity index (χ2n) is 10.5. The number of hydrogen-bond acceptors (Lipinski definition) is 4. The van der Waals surface area contributed by atoms with E-state index >= 15 is 0 Å². The quantitative estimate of drug-likeness (QED) is 0.351. The lowest BCUT2D eigenvalue weighted by Gasteiger charge is -2.30. The molecular weight excluding hydrogens is 438 g/mol. The maximum absolute atomic E-state index is 13.3. The zero-order valence-electron chi connectivity index (χ0n) is 22.1. The Balaban J connectivity index is 0.000000363. The van der Waals surface area contributed by atoms with Crippen LogP contribution in [0.3, 0.4) is 0 Å². The minimum absolute atomic E-state index is 0.0307. The van der Waals surface area contributed by atoms with Crippen molar-refractivity contribution in [2.24, 2.45) is 5.92 Å². The van der Waals surface area contributed by atoms with Gasteiger partial charge in [0.15, 0.2) is 11.6 Å². The Morgan fingerprint density at radius 2 is 1.60 bits per heavy atom. The Hall–Kier alpha value is -2.76. The number of nitrogens with zero attached hydrogens (tertiary/aromatic N) is 2. The molecule has 0 atom stereocenters. The van der Waals surface area contributed by atoms with Crippen molar-refractivity contribution in [3.63, 3.8) is 0 Å². The summed E-state index contributed by atoms with van der Waals surface area (Å²) in [5, 5.41) is 6.70. The van der Waals surface area contributed by atoms with Crippen LogP contribution in [0.1, 0.15) is 117 Å². The molecule has 35 heavy (non-hydrogen) atoms. The highest BCUT2D eigenvalue weighted by molar-refractivity contribution is 6.12. The highest BCUT2D eigenvalue weighted by atomic mass is 16.2. The SMILES string of the molecule is CC1CCCCCC1.CCCC(=O)c1cc(C(=O)N(c2cc(C)cc(C)c2)C2(C(C)=O)CC2)[nH]n1. The van der Waals surface area contributed by atoms with E-state index in [9.17, 15) is 14.4 Å². The topological polar surface area (TPSA) is 83.1 Å². The van der Waals surface area contributed by atoms with Crippen LogP contribution in [0.25, 0.3) is 0 Å². The number of hydrogen-bond donors (Lipinski definition) is 1. The van der Waals surface area contributed by atoms with E-state index in [1.54, 1.807) is 4.90 Å². The summed E-state index contributed by atoms with van der Waals surface area (Å²) in [6, 6.07) is 7.34. The average Bonchev–Trinajstić information content (AvgIpc) is 3.50. The molecule has 2 aliphatic rings. The number of carbonyl (C=O) groups excluding carboxylic acids is 3. The first-order valence-corrected chi connectivity index (χ1v) is 13.2. The van der Waals surface area contributed by atoms with Crippen LogP contribution in [0.2, 0.25) is 0 Å². The normalized spacial score (nSPS) is 17.1. The average molecular weight is 480 g/mol. The van der Waals surface area contributed by atoms with E-state index in [4.69, 9.17) is 0 Å². The van der Waals surface area contributed by atoms with Gasteiger partial charge in [0.2, 0.25) is 0 Å². The number of ketones is 2. The highest BCUT2D eigenvalue weighted by Crippen LogP contribution is 2.46. The second-order valence-corrected chi connectivity index (χ2v) is 10.5. The molecule has 2 fully saturated rings. The molecular formula is C29H41N3O3. The third-order valence-corrected chi connectivity index (χ3v) is 7.19. The summed E-state index contributed by atoms with van der Waals surface area (Å²) in [7, 11) is 0. The van der Waals surface area contributed by atoms with Crippen LogP contribution in [0.15, 0.2) is 24.3 Å². The second kappa shape index (κ2) is 11.8. The molecule has 2 saturated carbocycles. The van der Waals surface area contributed by atoms with Crippen molar-refractivity contribution in [2.45, 2.75) is 104 Å². The predicted octanol–water partition coefficient (Wildman–Crippen LogP) is 6.75. The number of Topliss-reactive ketones (excluding diaryl/α,β-unsaturated/α-hetero) is 2. The fourth-order valence-electron chi connectivity index (χ4n) is 5.02. The van der Waals surface area contributed by atoms with Crippen molar-refractivity contribution in [1.29, 1.82) is 0 Å². The van der Waals surface area contributed by atoms with Gasteiger partial charge in [-0.05, 0) is 75.3 Å². The number of H-pyrrole nitrogens is 1. The Labute approximate surface area is 209 Å². The summed E-state index contributed by atoms with van der Waals surface area (Å²) in [4.78, 5) is 39.4. The van der Waals surface area contributed by atoms with E-state index in [0.29, 0.717) is 24.9 Å². The first-order chi connectivity index (χ1) is 16.7. The molecule has 2 aliphatic carbocycles. The van der Waals surface area contributed by atoms with Crippen LogP contribution in [-0.2, 0) is 4.79 Å². The van der Waals surface area contributed by atoms with Crippen LogP contribution in [0.5, 0.6) is 0 Å². The summed E-state index contributed by atoms with van der Waals surface area (Å²) in [6.07, 6.45) is 11.3. The third kappa shape index (κ3) is 6.68. The number of amides is 1. The number of aromatic nitrogens is 2. The Bertz CT molecular complexity index is 1020. The van der Waals surface area contributed by atoms with Gasteiger partial charge >= 0.3 is 0 Å². The standard InChI is InChI=1S/C21H25N3O3.C8H16/c1-5-6-19(26)17-12-18(23-22-17)20(27)24(21(7-8-21)15(4)25)16-10-13(2)9-14(3)11-16;1-8-6-4-2-3-5-7-8/h9-12H,5-8H2,1-4H3,(H,22,23);8H,2-7H2,1H3. The summed E-state index contributed by atoms with van der Waals surface area (Å²) < 4.78 is 0. The number of aryl methyl sites for hydroxylation is 2. The molecule has 190 valence electrons. The summed E-state index contributed by atoms with van der Waals surface area (Å²) >= 11 is 0. The van der Waals surface area contributed by atoms with E-state index in [0.717, 1.165) is 23.5 Å². The first-order valence-electron chi connectivity index (χ1n) is 13.2. The minimum Gasteiger partial charge on any atom is -0.297 e. The van der Waals surface area contributed by atoms with Crippen molar-refractivity contribution in [3.05, 3.63) is 46.8 Å². The molecule has 1 aromatic carbocycles. The van der Waals surface area contributed by atoms with Crippen LogP contribution < -0.4 is 4.90 Å². The lowest BCUT2D eigenvalue weighted by molar-refractivity contribution is -0.119. The van der Waals surface area contributed by atoms with Gasteiger partial charge in [-0.25, -0.2) is 0 Å². The van der Waals surface area contributed by atoms with Crippen molar-refractivity contribution in [2.75, 3.05) is 4.90 Å². The summed E-state index contributed by atoms with van der Waals surface area (Å²) in [5.41, 5.74) is 2.41. The Kier molecular flexibility index (Phi) is 9.03. The molecule has 0 radical (unpaired) electrons. The number of carbonyl (C=O) groups is 3. The van der Waals surface area contributed by atoms with Gasteiger partial charge in [0.1, 0.15) is 16.9 Å². The van der Waals surface area contributed by atoms with Crippen molar-refractivity contribution in [1.82, 2.24) is 10.2 Å². The van der Waals surface area contributed by atoms with Gasteiger partial charge in [0.05, 0.1) is 0 Å². The third-order valence-electron chi connectivity index (χ3n) is 7.19. The van der Waals surface area contributed by atoms with E-state index < -0.39 is 5.54 Å². The number of anilines is 1. The van der Waals surface area contributed by atoms with Gasteiger partial charge in [-0.2, -0.15) is 5.10 Å². The molecule has 1 N–H and O–H groups in total. The van der Waals surface area contributed by atoms with Gasteiger partial charge in [-0.3, -0.25) is 24.4 Å². The van der Waals surface area contributed by atoms with E-state index in [1.807, 2.05) is 39.0 Å². The maximum atomic E-state index is 13.3. The molecule has 0 spiro atoms. The predicted molar refractivity (Wildman–Crippen MR) is 140 cm³/mol. The smallest absolute Gasteiger partial charge is 0.277 e. The molecule has 0 saturated heterocycles. The maximum Gasteiger partial charge on any atom is 0.277 e. The molecule has 1 heterocycles. The van der Waals surface area contributed by atoms with Gasteiger partial charge in [-0.15, -0.1) is 0 Å². The molecule has 0 bridgehead atoms. The molecule has 0 unspecified atom stereocenters. The molecule has 6 nitrogen and oxygen atoms in total. The van der Waals surface area contributed by atoms with Crippen LogP contribution in [-0.4, -0.2) is 33.2 Å². The molecule has 2 aromatic rings. The lowest BCUT2D eigenvalue weighted by atomic mass is 10.0. The van der Waals surface area contributed by atoms with Crippen LogP contribution in [0.4, 0.5) is 5.69 Å². The fraction of sp³-hybridized carbons (Fsp3) is 0.586. The number of rotatable bonds is 7. The van der Waals surface area contributed by atoms with Crippen molar-refractivity contribution < 1.29 is 14.4 Å². The lowest BCUT2D eigenvalue weighted by Crippen LogP contribution is -2.47. The molecule has 1 amide bonds. The van der Waals surface area contributed by atoms with Crippen molar-refractivity contribution >= 4 is 23.2 Å². The highest BCUT2D eigenvalue weighted by Gasteiger charge is 2.55. The Morgan fingerprint density at radius 3 is 2.11 bits per heavy atom. The van der Waals surface area contributed by atoms with E-state index in [1.165, 1.54) is 51.5 Å². The number of aromatic amines is 1. The van der Waals surface area contributed by atoms with E-state index in [2.05, 4.69) is 17.1 Å². The van der Waals surface area contributed by atoms with Crippen LogP contribution >= 0.6 is 0 Å².